The number of hydrogen-bond donors (Lipinski definition) is 3. The fourth-order valence-corrected chi connectivity index (χ4v) is 5.02. The summed E-state index contributed by atoms with van der Waals surface area (Å²) >= 11 is 1.88. The average molecular weight is 670 g/mol. The van der Waals surface area contributed by atoms with E-state index in [1.165, 1.54) is 55.8 Å². The van der Waals surface area contributed by atoms with Gasteiger partial charge in [-0.3, -0.25) is 14.8 Å². The Balaban J connectivity index is 0.000000379. The van der Waals surface area contributed by atoms with Crippen molar-refractivity contribution in [3.8, 4) is 0 Å². The Bertz CT molecular complexity index is 1110. The van der Waals surface area contributed by atoms with Crippen molar-refractivity contribution in [2.45, 2.75) is 62.8 Å². The number of nitrogens with zero attached hydrogens (tertiary/aromatic N) is 3. The van der Waals surface area contributed by atoms with Crippen molar-refractivity contribution in [1.82, 2.24) is 14.8 Å². The lowest BCUT2D eigenvalue weighted by molar-refractivity contribution is -0.193. The topological polar surface area (TPSA) is 131 Å². The number of alkyl halides is 9. The first kappa shape index (κ1) is 38.6. The SMILES string of the molecule is O=C(O)C(F)(F)F.O=C(O)C(F)(F)F.O=C(O)C(F)(F)F.c1cncc(CN2CCCC23CCN(Cc2cccs2)CC3)c1. The van der Waals surface area contributed by atoms with Crippen LogP contribution >= 0.6 is 11.3 Å². The molecule has 4 heterocycles. The molecule has 248 valence electrons. The molecule has 0 unspecified atom stereocenters. The van der Waals surface area contributed by atoms with Crippen molar-refractivity contribution in [1.29, 1.82) is 0 Å². The first-order chi connectivity index (χ1) is 20.2. The third kappa shape index (κ3) is 13.9. The molecule has 0 aliphatic carbocycles. The molecular formula is C25H28F9N3O6S. The summed E-state index contributed by atoms with van der Waals surface area (Å²) < 4.78 is 95.2. The number of thiophene rings is 1. The van der Waals surface area contributed by atoms with Crippen molar-refractivity contribution in [2.24, 2.45) is 0 Å². The molecule has 2 aliphatic rings. The number of likely N-dealkylation sites (tertiary alicyclic amines) is 2. The molecule has 44 heavy (non-hydrogen) atoms. The molecule has 4 rings (SSSR count). The molecule has 1 spiro atoms. The predicted octanol–water partition coefficient (Wildman–Crippen LogP) is 5.67. The van der Waals surface area contributed by atoms with Crippen LogP contribution in [0.2, 0.25) is 0 Å². The Morgan fingerprint density at radius 2 is 1.27 bits per heavy atom. The Labute approximate surface area is 248 Å². The normalized spacial score (nSPS) is 16.8. The van der Waals surface area contributed by atoms with Crippen molar-refractivity contribution in [3.63, 3.8) is 0 Å². The van der Waals surface area contributed by atoms with Crippen LogP contribution in [-0.4, -0.2) is 91.7 Å². The van der Waals surface area contributed by atoms with Crippen LogP contribution < -0.4 is 0 Å². The summed E-state index contributed by atoms with van der Waals surface area (Å²) in [5.74, 6) is -8.27. The lowest BCUT2D eigenvalue weighted by atomic mass is 9.84. The van der Waals surface area contributed by atoms with Gasteiger partial charge in [-0.2, -0.15) is 39.5 Å². The zero-order valence-electron chi connectivity index (χ0n) is 22.6. The summed E-state index contributed by atoms with van der Waals surface area (Å²) in [6.07, 6.45) is -5.99. The lowest BCUT2D eigenvalue weighted by Crippen LogP contribution is -2.51. The summed E-state index contributed by atoms with van der Waals surface area (Å²) in [5, 5.41) is 23.6. The molecule has 0 amide bonds. The van der Waals surface area contributed by atoms with E-state index in [4.69, 9.17) is 29.7 Å². The maximum atomic E-state index is 10.6. The Morgan fingerprint density at radius 1 is 0.773 bits per heavy atom. The standard InChI is InChI=1S/C19H25N3S.3C2HF3O2/c1-4-17(14-20-9-1)15-22-10-3-6-19(22)7-11-21(12-8-19)16-18-5-2-13-23-18;3*3-2(4,5)1(6)7/h1-2,4-5,9,13-14H,3,6-8,10-12,15-16H2;3*(H,6,7). The minimum atomic E-state index is -5.08. The fourth-order valence-electron chi connectivity index (χ4n) is 4.27. The Kier molecular flexibility index (Phi) is 14.5. The van der Waals surface area contributed by atoms with E-state index in [2.05, 4.69) is 44.4 Å². The zero-order valence-corrected chi connectivity index (χ0v) is 23.4. The third-order valence-corrected chi connectivity index (χ3v) is 7.17. The van der Waals surface area contributed by atoms with E-state index in [1.807, 2.05) is 23.7 Å². The van der Waals surface area contributed by atoms with E-state index in [0.717, 1.165) is 13.1 Å². The van der Waals surface area contributed by atoms with Crippen LogP contribution in [0.3, 0.4) is 0 Å². The smallest absolute Gasteiger partial charge is 0.475 e. The van der Waals surface area contributed by atoms with Gasteiger partial charge in [0, 0.05) is 49.0 Å². The Morgan fingerprint density at radius 3 is 1.66 bits per heavy atom. The monoisotopic (exact) mass is 669 g/mol. The third-order valence-electron chi connectivity index (χ3n) is 6.31. The quantitative estimate of drug-likeness (QED) is 0.353. The van der Waals surface area contributed by atoms with Gasteiger partial charge in [-0.05, 0) is 55.3 Å². The highest BCUT2D eigenvalue weighted by atomic mass is 32.1. The molecule has 9 nitrogen and oxygen atoms in total. The van der Waals surface area contributed by atoms with E-state index < -0.39 is 36.4 Å². The summed E-state index contributed by atoms with van der Waals surface area (Å²) in [6.45, 7) is 5.93. The first-order valence-electron chi connectivity index (χ1n) is 12.5. The molecule has 2 aromatic heterocycles. The molecule has 0 saturated carbocycles. The number of hydrogen-bond acceptors (Lipinski definition) is 7. The number of carboxylic acids is 3. The molecule has 0 aromatic carbocycles. The largest absolute Gasteiger partial charge is 0.490 e. The minimum Gasteiger partial charge on any atom is -0.475 e. The van der Waals surface area contributed by atoms with Crippen LogP contribution in [0.4, 0.5) is 39.5 Å². The van der Waals surface area contributed by atoms with Gasteiger partial charge in [0.1, 0.15) is 0 Å². The lowest BCUT2D eigenvalue weighted by Gasteiger charge is -2.45. The molecule has 0 bridgehead atoms. The van der Waals surface area contributed by atoms with Gasteiger partial charge in [-0.1, -0.05) is 12.1 Å². The number of carbonyl (C=O) groups is 3. The molecule has 0 radical (unpaired) electrons. The van der Waals surface area contributed by atoms with Gasteiger partial charge >= 0.3 is 36.4 Å². The highest BCUT2D eigenvalue weighted by Crippen LogP contribution is 2.39. The number of piperidine rings is 1. The van der Waals surface area contributed by atoms with Crippen LogP contribution in [0.15, 0.2) is 42.0 Å². The summed E-state index contributed by atoms with van der Waals surface area (Å²) in [4.78, 5) is 37.8. The zero-order chi connectivity index (χ0) is 33.8. The summed E-state index contributed by atoms with van der Waals surface area (Å²) in [5.41, 5.74) is 1.80. The van der Waals surface area contributed by atoms with E-state index in [1.54, 1.807) is 0 Å². The van der Waals surface area contributed by atoms with Gasteiger partial charge in [0.2, 0.25) is 0 Å². The van der Waals surface area contributed by atoms with Crippen molar-refractivity contribution >= 4 is 29.2 Å². The molecule has 2 saturated heterocycles. The fraction of sp³-hybridized carbons (Fsp3) is 0.520. The van der Waals surface area contributed by atoms with Crippen molar-refractivity contribution in [3.05, 3.63) is 52.5 Å². The number of halogens is 9. The summed E-state index contributed by atoms with van der Waals surface area (Å²) in [7, 11) is 0. The molecule has 2 aromatic rings. The van der Waals surface area contributed by atoms with Gasteiger partial charge in [-0.15, -0.1) is 11.3 Å². The molecule has 19 heteroatoms. The number of carboxylic acid groups (broad SMARTS) is 3. The minimum absolute atomic E-state index is 0.446. The average Bonchev–Trinajstić information content (AvgIpc) is 3.56. The van der Waals surface area contributed by atoms with Gasteiger partial charge < -0.3 is 15.3 Å². The summed E-state index contributed by atoms with van der Waals surface area (Å²) in [6, 6.07) is 8.70. The van der Waals surface area contributed by atoms with E-state index in [0.29, 0.717) is 5.54 Å². The number of rotatable bonds is 4. The second-order valence-corrected chi connectivity index (χ2v) is 10.4. The van der Waals surface area contributed by atoms with Crippen LogP contribution in [0.5, 0.6) is 0 Å². The number of aromatic nitrogens is 1. The van der Waals surface area contributed by atoms with Crippen molar-refractivity contribution in [2.75, 3.05) is 19.6 Å². The van der Waals surface area contributed by atoms with Crippen LogP contribution in [-0.2, 0) is 27.5 Å². The van der Waals surface area contributed by atoms with Gasteiger partial charge in [-0.25, -0.2) is 14.4 Å². The molecule has 2 aliphatic heterocycles. The Hall–Kier alpha value is -3.45. The maximum absolute atomic E-state index is 10.6. The maximum Gasteiger partial charge on any atom is 0.490 e. The van der Waals surface area contributed by atoms with E-state index in [9.17, 15) is 39.5 Å². The molecule has 2 fully saturated rings. The van der Waals surface area contributed by atoms with Crippen LogP contribution in [0, 0.1) is 0 Å². The van der Waals surface area contributed by atoms with Gasteiger partial charge in [0.05, 0.1) is 0 Å². The highest BCUT2D eigenvalue weighted by molar-refractivity contribution is 7.09. The number of pyridine rings is 1. The molecular weight excluding hydrogens is 641 g/mol. The van der Waals surface area contributed by atoms with E-state index in [-0.39, 0.29) is 0 Å². The van der Waals surface area contributed by atoms with E-state index >= 15 is 0 Å². The van der Waals surface area contributed by atoms with Gasteiger partial charge in [0.25, 0.3) is 0 Å². The van der Waals surface area contributed by atoms with Crippen LogP contribution in [0.25, 0.3) is 0 Å². The second kappa shape index (κ2) is 16.6. The number of aliphatic carboxylic acids is 3. The predicted molar refractivity (Wildman–Crippen MR) is 137 cm³/mol. The molecule has 3 N–H and O–H groups in total. The van der Waals surface area contributed by atoms with Crippen molar-refractivity contribution < 1.29 is 69.2 Å². The molecule has 0 atom stereocenters. The highest BCUT2D eigenvalue weighted by Gasteiger charge is 2.43. The first-order valence-corrected chi connectivity index (χ1v) is 13.3. The van der Waals surface area contributed by atoms with Crippen LogP contribution in [0.1, 0.15) is 36.1 Å². The van der Waals surface area contributed by atoms with Gasteiger partial charge in [0.15, 0.2) is 0 Å². The second-order valence-electron chi connectivity index (χ2n) is 9.37.